The Bertz CT molecular complexity index is 1900. The third-order valence-electron chi connectivity index (χ3n) is 8.42. The van der Waals surface area contributed by atoms with Crippen molar-refractivity contribution in [1.82, 2.24) is 29.6 Å². The van der Waals surface area contributed by atoms with E-state index in [9.17, 15) is 4.79 Å². The van der Waals surface area contributed by atoms with Crippen LogP contribution in [-0.4, -0.2) is 75.9 Å². The number of rotatable bonds is 11. The number of anilines is 4. The van der Waals surface area contributed by atoms with Crippen LogP contribution in [0.4, 0.5) is 23.0 Å². The lowest BCUT2D eigenvalue weighted by Crippen LogP contribution is -2.41. The normalized spacial score (nSPS) is 13.6. The van der Waals surface area contributed by atoms with E-state index in [-0.39, 0.29) is 11.4 Å². The van der Waals surface area contributed by atoms with Crippen molar-refractivity contribution in [3.05, 3.63) is 67.3 Å². The number of methoxy groups -OCH3 is 1. The number of ether oxygens (including phenoxy) is 1. The van der Waals surface area contributed by atoms with Gasteiger partial charge in [-0.25, -0.2) is 9.97 Å². The first kappa shape index (κ1) is 29.8. The molecular formula is C33H37N9O3. The Kier molecular flexibility index (Phi) is 7.75. The summed E-state index contributed by atoms with van der Waals surface area (Å²) in [5.74, 6) is 1.34. The lowest BCUT2D eigenvalue weighted by Gasteiger charge is -2.32. The maximum atomic E-state index is 12.5. The van der Waals surface area contributed by atoms with Gasteiger partial charge in [-0.15, -0.1) is 10.2 Å². The van der Waals surface area contributed by atoms with Crippen LogP contribution in [0.25, 0.3) is 33.6 Å². The van der Waals surface area contributed by atoms with Gasteiger partial charge in [0.05, 0.1) is 35.4 Å². The first-order valence-electron chi connectivity index (χ1n) is 14.7. The van der Waals surface area contributed by atoms with Crippen molar-refractivity contribution in [3.63, 3.8) is 0 Å². The molecule has 6 rings (SSSR count). The van der Waals surface area contributed by atoms with Gasteiger partial charge in [-0.2, -0.15) is 0 Å². The van der Waals surface area contributed by atoms with E-state index in [1.165, 1.54) is 6.08 Å². The number of aromatic nitrogens is 5. The van der Waals surface area contributed by atoms with Gasteiger partial charge < -0.3 is 34.2 Å². The maximum absolute atomic E-state index is 12.5. The molecule has 232 valence electrons. The fourth-order valence-corrected chi connectivity index (χ4v) is 5.71. The Morgan fingerprint density at radius 1 is 1.16 bits per heavy atom. The molecule has 1 fully saturated rings. The molecule has 5 aromatic rings. The highest BCUT2D eigenvalue weighted by Crippen LogP contribution is 2.44. The van der Waals surface area contributed by atoms with Crippen LogP contribution in [0.3, 0.4) is 0 Å². The average molecular weight is 608 g/mol. The number of hydrogen-bond acceptors (Lipinski definition) is 10. The summed E-state index contributed by atoms with van der Waals surface area (Å²) in [5, 5.41) is 15.6. The van der Waals surface area contributed by atoms with Gasteiger partial charge in [0.15, 0.2) is 0 Å². The third kappa shape index (κ3) is 5.72. The van der Waals surface area contributed by atoms with Crippen LogP contribution in [0, 0.1) is 6.92 Å². The van der Waals surface area contributed by atoms with Crippen molar-refractivity contribution >= 4 is 39.8 Å². The molecule has 0 unspecified atom stereocenters. The number of benzene rings is 2. The minimum Gasteiger partial charge on any atom is -0.494 e. The molecule has 0 spiro atoms. The zero-order chi connectivity index (χ0) is 31.9. The zero-order valence-electron chi connectivity index (χ0n) is 26.4. The number of likely N-dealkylation sites (N-methyl/N-ethyl adjacent to an activating group) is 2. The van der Waals surface area contributed by atoms with Gasteiger partial charge >= 0.3 is 0 Å². The standard InChI is InChI=1S/C33H37N9O3/c1-8-29(43)35-24-15-25(28(44-7)16-27(24)42(6)19-33(13-14-33)40(3)4)36-32-34-17-22(31-39-38-20(2)45-31)30(37-32)23-18-41(5)26-12-10-9-11-21(23)26/h8-12,15-18H,1,13-14,19H2,2-7H3,(H,35,43)(H,34,36,37). The number of amides is 1. The monoisotopic (exact) mass is 607 g/mol. The van der Waals surface area contributed by atoms with Crippen molar-refractivity contribution < 1.29 is 13.9 Å². The van der Waals surface area contributed by atoms with Crippen LogP contribution in [0.5, 0.6) is 5.75 Å². The van der Waals surface area contributed by atoms with E-state index < -0.39 is 0 Å². The SMILES string of the molecule is C=CC(=O)Nc1cc(Nc2ncc(-c3nnc(C)o3)c(-c3cn(C)c4ccccc34)n2)c(OC)cc1N(C)CC1(N(C)C)CC1. The van der Waals surface area contributed by atoms with E-state index in [2.05, 4.69) is 73.0 Å². The van der Waals surface area contributed by atoms with Crippen LogP contribution >= 0.6 is 0 Å². The molecule has 2 aromatic carbocycles. The summed E-state index contributed by atoms with van der Waals surface area (Å²) in [6.45, 7) is 6.17. The third-order valence-corrected chi connectivity index (χ3v) is 8.42. The summed E-state index contributed by atoms with van der Waals surface area (Å²) in [6, 6.07) is 11.8. The van der Waals surface area contributed by atoms with Gasteiger partial charge in [-0.1, -0.05) is 24.8 Å². The average Bonchev–Trinajstić information content (AvgIpc) is 3.57. The number of carbonyl (C=O) groups is 1. The van der Waals surface area contributed by atoms with E-state index in [4.69, 9.17) is 14.1 Å². The summed E-state index contributed by atoms with van der Waals surface area (Å²) in [7, 11) is 9.83. The molecule has 0 saturated heterocycles. The van der Waals surface area contributed by atoms with Gasteiger partial charge in [0, 0.05) is 68.0 Å². The summed E-state index contributed by atoms with van der Waals surface area (Å²) >= 11 is 0. The molecule has 1 amide bonds. The topological polar surface area (TPSA) is 126 Å². The quantitative estimate of drug-likeness (QED) is 0.189. The molecule has 1 aliphatic rings. The van der Waals surface area contributed by atoms with Crippen molar-refractivity contribution in [1.29, 1.82) is 0 Å². The van der Waals surface area contributed by atoms with E-state index in [0.29, 0.717) is 46.1 Å². The highest BCUT2D eigenvalue weighted by molar-refractivity contribution is 6.02. The fourth-order valence-electron chi connectivity index (χ4n) is 5.71. The van der Waals surface area contributed by atoms with E-state index in [1.54, 1.807) is 20.2 Å². The zero-order valence-corrected chi connectivity index (χ0v) is 26.4. The summed E-state index contributed by atoms with van der Waals surface area (Å²) in [6.07, 6.45) is 7.18. The molecule has 0 bridgehead atoms. The van der Waals surface area contributed by atoms with Gasteiger partial charge in [0.25, 0.3) is 5.89 Å². The Morgan fingerprint density at radius 2 is 1.93 bits per heavy atom. The van der Waals surface area contributed by atoms with Gasteiger partial charge in [0.2, 0.25) is 17.7 Å². The van der Waals surface area contributed by atoms with E-state index in [0.717, 1.165) is 41.5 Å². The van der Waals surface area contributed by atoms with Gasteiger partial charge in [0.1, 0.15) is 5.75 Å². The number of para-hydroxylation sites is 1. The van der Waals surface area contributed by atoms with Crippen LogP contribution in [0.2, 0.25) is 0 Å². The summed E-state index contributed by atoms with van der Waals surface area (Å²) in [4.78, 5) is 26.5. The van der Waals surface area contributed by atoms with Crippen LogP contribution in [0.1, 0.15) is 18.7 Å². The van der Waals surface area contributed by atoms with Crippen LogP contribution < -0.4 is 20.3 Å². The minimum absolute atomic E-state index is 0.100. The number of nitrogens with zero attached hydrogens (tertiary/aromatic N) is 7. The second-order valence-electron chi connectivity index (χ2n) is 11.6. The number of carbonyl (C=O) groups excluding carboxylic acids is 1. The van der Waals surface area contributed by atoms with E-state index in [1.807, 2.05) is 44.6 Å². The molecular weight excluding hydrogens is 570 g/mol. The number of nitrogens with one attached hydrogen (secondary N) is 2. The minimum atomic E-state index is -0.316. The molecule has 12 nitrogen and oxygen atoms in total. The smallest absolute Gasteiger partial charge is 0.251 e. The Hall–Kier alpha value is -5.23. The molecule has 1 saturated carbocycles. The molecule has 1 aliphatic carbocycles. The molecule has 0 radical (unpaired) electrons. The molecule has 2 N–H and O–H groups in total. The van der Waals surface area contributed by atoms with Crippen LogP contribution in [-0.2, 0) is 11.8 Å². The second-order valence-corrected chi connectivity index (χ2v) is 11.6. The molecule has 12 heteroatoms. The van der Waals surface area contributed by atoms with Crippen molar-refractivity contribution in [2.24, 2.45) is 7.05 Å². The predicted octanol–water partition coefficient (Wildman–Crippen LogP) is 5.40. The molecule has 0 aliphatic heterocycles. The second kappa shape index (κ2) is 11.7. The number of hydrogen-bond donors (Lipinski definition) is 2. The summed E-state index contributed by atoms with van der Waals surface area (Å²) in [5.41, 5.74) is 5.28. The first-order valence-corrected chi connectivity index (χ1v) is 14.7. The van der Waals surface area contributed by atoms with Crippen molar-refractivity contribution in [2.75, 3.05) is 50.3 Å². The maximum Gasteiger partial charge on any atom is 0.251 e. The number of fused-ring (bicyclic) bond motifs is 1. The molecule has 0 atom stereocenters. The Balaban J connectivity index is 1.43. The predicted molar refractivity (Wildman–Crippen MR) is 176 cm³/mol. The lowest BCUT2D eigenvalue weighted by atomic mass is 10.1. The Labute approximate surface area is 261 Å². The van der Waals surface area contributed by atoms with E-state index >= 15 is 0 Å². The largest absolute Gasteiger partial charge is 0.494 e. The molecule has 45 heavy (non-hydrogen) atoms. The van der Waals surface area contributed by atoms with Crippen molar-refractivity contribution in [2.45, 2.75) is 25.3 Å². The highest BCUT2D eigenvalue weighted by atomic mass is 16.5. The van der Waals surface area contributed by atoms with Crippen molar-refractivity contribution in [3.8, 4) is 28.5 Å². The first-order chi connectivity index (χ1) is 21.6. The number of aryl methyl sites for hydroxylation is 2. The highest BCUT2D eigenvalue weighted by Gasteiger charge is 2.45. The van der Waals surface area contributed by atoms with Gasteiger partial charge in [-0.3, -0.25) is 4.79 Å². The van der Waals surface area contributed by atoms with Gasteiger partial charge in [-0.05, 0) is 45.1 Å². The fraction of sp³-hybridized carbons (Fsp3) is 0.303. The molecule has 3 aromatic heterocycles. The molecule has 3 heterocycles. The Morgan fingerprint density at radius 3 is 2.60 bits per heavy atom. The lowest BCUT2D eigenvalue weighted by molar-refractivity contribution is -0.111. The summed E-state index contributed by atoms with van der Waals surface area (Å²) < 4.78 is 13.7. The van der Waals surface area contributed by atoms with Crippen LogP contribution in [0.15, 0.2) is 65.9 Å².